The third kappa shape index (κ3) is 4.57. The highest BCUT2D eigenvalue weighted by molar-refractivity contribution is 7.89. The van der Waals surface area contributed by atoms with Crippen molar-refractivity contribution in [1.82, 2.24) is 19.7 Å². The minimum absolute atomic E-state index is 0.0467. The molecule has 2 aliphatic carbocycles. The van der Waals surface area contributed by atoms with Crippen LogP contribution in [0.2, 0.25) is 0 Å². The Balaban J connectivity index is 1.31. The second-order valence-electron chi connectivity index (χ2n) is 9.53. The lowest BCUT2D eigenvalue weighted by Crippen LogP contribution is -2.53. The second-order valence-corrected chi connectivity index (χ2v) is 11.7. The molecule has 2 heterocycles. The number of rotatable bonds is 6. The molecule has 3 fully saturated rings. The van der Waals surface area contributed by atoms with E-state index < -0.39 is 10.0 Å². The van der Waals surface area contributed by atoms with Crippen LogP contribution in [-0.2, 0) is 10.0 Å². The largest absolute Gasteiger partial charge is 0.360 e. The van der Waals surface area contributed by atoms with E-state index in [0.717, 1.165) is 44.3 Å². The highest BCUT2D eigenvalue weighted by atomic mass is 32.2. The highest BCUT2D eigenvalue weighted by Gasteiger charge is 2.39. The van der Waals surface area contributed by atoms with Crippen LogP contribution >= 0.6 is 0 Å². The van der Waals surface area contributed by atoms with Gasteiger partial charge >= 0.3 is 0 Å². The first kappa shape index (κ1) is 21.8. The summed E-state index contributed by atoms with van der Waals surface area (Å²) in [6.07, 6.45) is 6.12. The Bertz CT molecular complexity index is 856. The minimum atomic E-state index is -3.30. The third-order valence-corrected chi connectivity index (χ3v) is 9.45. The fraction of sp³-hybridized carbons (Fsp3) is 0.810. The van der Waals surface area contributed by atoms with Gasteiger partial charge in [-0.15, -0.1) is 0 Å². The summed E-state index contributed by atoms with van der Waals surface area (Å²) in [5.74, 6) is 1.02. The molecular weight excluding hydrogens is 404 g/mol. The molecule has 1 aromatic rings. The zero-order valence-corrected chi connectivity index (χ0v) is 19.0. The molecule has 2 atom stereocenters. The smallest absolute Gasteiger partial charge is 0.273 e. The molecule has 1 aliphatic heterocycles. The molecule has 0 radical (unpaired) electrons. The lowest BCUT2D eigenvalue weighted by atomic mass is 9.94. The average molecular weight is 439 g/mol. The number of nitrogens with one attached hydrogen (secondary N) is 1. The molecule has 1 aromatic heterocycles. The number of nitrogens with zero attached hydrogens (tertiary/aromatic N) is 3. The zero-order valence-electron chi connectivity index (χ0n) is 18.2. The number of carbonyl (C=O) groups is 1. The lowest BCUT2D eigenvalue weighted by molar-refractivity contribution is 0.0891. The standard InChI is InChI=1S/C21H34N4O4S/c1-14-13-25(30(27,28)17-8-6-16(7-9-17)24(2)3)11-10-18(14)22-21(26)19-12-20(29-23-19)15-4-5-15/h12,14-18H,4-11,13H2,1-3H3,(H,22,26)/t14-,16-,17+,18+/m0/s1. The topological polar surface area (TPSA) is 95.8 Å². The summed E-state index contributed by atoms with van der Waals surface area (Å²) >= 11 is 0. The molecule has 2 saturated carbocycles. The molecule has 30 heavy (non-hydrogen) atoms. The summed E-state index contributed by atoms with van der Waals surface area (Å²) < 4.78 is 33.3. The number of hydrogen-bond donors (Lipinski definition) is 1. The van der Waals surface area contributed by atoms with Gasteiger partial charge in [-0.1, -0.05) is 12.1 Å². The van der Waals surface area contributed by atoms with E-state index in [1.54, 1.807) is 10.4 Å². The first-order valence-electron chi connectivity index (χ1n) is 11.2. The summed E-state index contributed by atoms with van der Waals surface area (Å²) in [7, 11) is 0.827. The van der Waals surface area contributed by atoms with Crippen molar-refractivity contribution in [3.05, 3.63) is 17.5 Å². The zero-order chi connectivity index (χ0) is 21.5. The molecule has 1 amide bonds. The Morgan fingerprint density at radius 2 is 1.87 bits per heavy atom. The summed E-state index contributed by atoms with van der Waals surface area (Å²) in [6, 6.07) is 2.16. The quantitative estimate of drug-likeness (QED) is 0.732. The maximum atomic E-state index is 13.2. The molecule has 3 aliphatic rings. The van der Waals surface area contributed by atoms with E-state index in [9.17, 15) is 13.2 Å². The van der Waals surface area contributed by atoms with Crippen molar-refractivity contribution >= 4 is 15.9 Å². The number of piperidine rings is 1. The molecule has 0 aromatic carbocycles. The number of amides is 1. The SMILES string of the molecule is C[C@H]1CN(S(=O)(=O)[C@H]2CC[C@@H](N(C)C)CC2)CC[C@H]1NC(=O)c1cc(C2CC2)on1. The summed E-state index contributed by atoms with van der Waals surface area (Å²) in [4.78, 5) is 14.8. The summed E-state index contributed by atoms with van der Waals surface area (Å²) in [5.41, 5.74) is 0.316. The van der Waals surface area contributed by atoms with E-state index in [1.807, 2.05) is 6.92 Å². The van der Waals surface area contributed by atoms with Gasteiger partial charge < -0.3 is 14.7 Å². The van der Waals surface area contributed by atoms with Gasteiger partial charge in [-0.2, -0.15) is 0 Å². The number of hydrogen-bond acceptors (Lipinski definition) is 6. The highest BCUT2D eigenvalue weighted by Crippen LogP contribution is 2.40. The van der Waals surface area contributed by atoms with Gasteiger partial charge in [-0.25, -0.2) is 12.7 Å². The van der Waals surface area contributed by atoms with Crippen LogP contribution in [0.4, 0.5) is 0 Å². The Kier molecular flexibility index (Phi) is 6.23. The van der Waals surface area contributed by atoms with Gasteiger partial charge in [-0.3, -0.25) is 4.79 Å². The van der Waals surface area contributed by atoms with Gasteiger partial charge in [0.15, 0.2) is 5.69 Å². The van der Waals surface area contributed by atoms with Gasteiger partial charge in [-0.05, 0) is 65.0 Å². The summed E-state index contributed by atoms with van der Waals surface area (Å²) in [5, 5.41) is 6.67. The molecule has 9 heteroatoms. The van der Waals surface area contributed by atoms with Crippen LogP contribution in [0.15, 0.2) is 10.6 Å². The fourth-order valence-corrected chi connectivity index (χ4v) is 6.91. The minimum Gasteiger partial charge on any atom is -0.360 e. The molecule has 168 valence electrons. The molecule has 0 spiro atoms. The first-order valence-corrected chi connectivity index (χ1v) is 12.7. The maximum Gasteiger partial charge on any atom is 0.273 e. The second kappa shape index (κ2) is 8.59. The van der Waals surface area contributed by atoms with E-state index in [-0.39, 0.29) is 23.1 Å². The summed E-state index contributed by atoms with van der Waals surface area (Å²) in [6.45, 7) is 2.92. The Labute approximate surface area is 179 Å². The molecule has 8 nitrogen and oxygen atoms in total. The van der Waals surface area contributed by atoms with Gasteiger partial charge in [0.1, 0.15) is 5.76 Å². The van der Waals surface area contributed by atoms with Crippen LogP contribution in [0.5, 0.6) is 0 Å². The van der Waals surface area contributed by atoms with E-state index in [0.29, 0.717) is 37.2 Å². The van der Waals surface area contributed by atoms with Crippen molar-refractivity contribution in [1.29, 1.82) is 0 Å². The Hall–Kier alpha value is -1.45. The van der Waals surface area contributed by atoms with Gasteiger partial charge in [0.25, 0.3) is 5.91 Å². The average Bonchev–Trinajstić information content (AvgIpc) is 3.45. The van der Waals surface area contributed by atoms with Gasteiger partial charge in [0.05, 0.1) is 5.25 Å². The molecule has 0 bridgehead atoms. The van der Waals surface area contributed by atoms with Crippen LogP contribution in [-0.4, -0.2) is 73.2 Å². The van der Waals surface area contributed by atoms with Crippen molar-refractivity contribution < 1.29 is 17.7 Å². The maximum absolute atomic E-state index is 13.2. The van der Waals surface area contributed by atoms with Gasteiger partial charge in [0.2, 0.25) is 10.0 Å². The van der Waals surface area contributed by atoms with Crippen LogP contribution in [0, 0.1) is 5.92 Å². The number of sulfonamides is 1. The molecule has 4 rings (SSSR count). The normalized spacial score (nSPS) is 31.1. The van der Waals surface area contributed by atoms with E-state index >= 15 is 0 Å². The number of aromatic nitrogens is 1. The Morgan fingerprint density at radius 1 is 1.17 bits per heavy atom. The van der Waals surface area contributed by atoms with Crippen molar-refractivity contribution in [2.45, 2.75) is 75.1 Å². The van der Waals surface area contributed by atoms with Crippen molar-refractivity contribution in [3.8, 4) is 0 Å². The molecule has 1 N–H and O–H groups in total. The monoisotopic (exact) mass is 438 g/mol. The van der Waals surface area contributed by atoms with Crippen LogP contribution in [0.3, 0.4) is 0 Å². The lowest BCUT2D eigenvalue weighted by Gasteiger charge is -2.40. The van der Waals surface area contributed by atoms with Crippen LogP contribution in [0.25, 0.3) is 0 Å². The van der Waals surface area contributed by atoms with Crippen molar-refractivity contribution in [2.75, 3.05) is 27.2 Å². The van der Waals surface area contributed by atoms with Crippen molar-refractivity contribution in [3.63, 3.8) is 0 Å². The predicted molar refractivity (Wildman–Crippen MR) is 114 cm³/mol. The molecule has 1 saturated heterocycles. The van der Waals surface area contributed by atoms with Crippen LogP contribution in [0.1, 0.15) is 74.0 Å². The Morgan fingerprint density at radius 3 is 2.47 bits per heavy atom. The third-order valence-electron chi connectivity index (χ3n) is 7.08. The van der Waals surface area contributed by atoms with Crippen molar-refractivity contribution in [2.24, 2.45) is 5.92 Å². The van der Waals surface area contributed by atoms with Crippen LogP contribution < -0.4 is 5.32 Å². The fourth-order valence-electron chi connectivity index (χ4n) is 4.82. The van der Waals surface area contributed by atoms with Gasteiger partial charge in [0, 0.05) is 37.2 Å². The molecular formula is C21H34N4O4S. The number of carbonyl (C=O) groups excluding carboxylic acids is 1. The van der Waals surface area contributed by atoms with E-state index in [4.69, 9.17) is 4.52 Å². The molecule has 0 unspecified atom stereocenters. The predicted octanol–water partition coefficient (Wildman–Crippen LogP) is 2.19. The van der Waals surface area contributed by atoms with E-state index in [2.05, 4.69) is 29.5 Å². The van der Waals surface area contributed by atoms with E-state index in [1.165, 1.54) is 0 Å². The first-order chi connectivity index (χ1) is 14.3.